The number of hydrogen-bond acceptors (Lipinski definition) is 3. The normalized spacial score (nSPS) is 18.6. The Bertz CT molecular complexity index is 396. The number of amides is 1. The van der Waals surface area contributed by atoms with Crippen molar-refractivity contribution in [3.8, 4) is 0 Å². The van der Waals surface area contributed by atoms with Gasteiger partial charge in [-0.3, -0.25) is 4.79 Å². The van der Waals surface area contributed by atoms with E-state index in [-0.39, 0.29) is 11.9 Å². The molecule has 1 aliphatic rings. The van der Waals surface area contributed by atoms with E-state index >= 15 is 0 Å². The van der Waals surface area contributed by atoms with Crippen LogP contribution in [0.4, 0.5) is 0 Å². The molecule has 0 radical (unpaired) electrons. The van der Waals surface area contributed by atoms with Gasteiger partial charge in [0.25, 0.3) is 5.91 Å². The van der Waals surface area contributed by atoms with Gasteiger partial charge in [-0.25, -0.2) is 4.79 Å². The molecule has 0 N–H and O–H groups in total. The van der Waals surface area contributed by atoms with Crippen LogP contribution in [0.2, 0.25) is 0 Å². The van der Waals surface area contributed by atoms with Crippen LogP contribution in [0.15, 0.2) is 25.3 Å². The lowest BCUT2D eigenvalue weighted by molar-refractivity contribution is -0.216. The number of hydroxylamine groups is 2. The maximum absolute atomic E-state index is 12.6. The van der Waals surface area contributed by atoms with E-state index in [4.69, 9.17) is 4.84 Å². The lowest BCUT2D eigenvalue weighted by atomic mass is 9.74. The van der Waals surface area contributed by atoms with Gasteiger partial charge in [0, 0.05) is 0 Å². The Morgan fingerprint density at radius 2 is 1.90 bits per heavy atom. The molecule has 0 aromatic carbocycles. The molecule has 1 rings (SSSR count). The van der Waals surface area contributed by atoms with Crippen molar-refractivity contribution < 1.29 is 14.4 Å². The highest BCUT2D eigenvalue weighted by Gasteiger charge is 2.44. The third kappa shape index (κ3) is 3.50. The van der Waals surface area contributed by atoms with E-state index in [1.165, 1.54) is 5.06 Å². The van der Waals surface area contributed by atoms with E-state index in [9.17, 15) is 9.59 Å². The molecule has 4 heteroatoms. The van der Waals surface area contributed by atoms with Gasteiger partial charge >= 0.3 is 5.97 Å². The molecule has 0 aliphatic carbocycles. The van der Waals surface area contributed by atoms with Crippen LogP contribution in [-0.2, 0) is 14.4 Å². The topological polar surface area (TPSA) is 46.6 Å². The highest BCUT2D eigenvalue weighted by atomic mass is 16.7. The summed E-state index contributed by atoms with van der Waals surface area (Å²) in [4.78, 5) is 29.9. The molecule has 112 valence electrons. The molecule has 0 aromatic heterocycles. The van der Waals surface area contributed by atoms with Gasteiger partial charge < -0.3 is 4.84 Å². The zero-order valence-corrected chi connectivity index (χ0v) is 12.8. The molecular weight excluding hydrogens is 254 g/mol. The average molecular weight is 279 g/mol. The summed E-state index contributed by atoms with van der Waals surface area (Å²) in [5, 5.41) is 1.23. The first kappa shape index (κ1) is 16.5. The first-order valence-corrected chi connectivity index (χ1v) is 7.03. The van der Waals surface area contributed by atoms with Gasteiger partial charge in [-0.2, -0.15) is 5.06 Å². The Balaban J connectivity index is 2.89. The molecule has 4 nitrogen and oxygen atoms in total. The molecule has 20 heavy (non-hydrogen) atoms. The van der Waals surface area contributed by atoms with Crippen molar-refractivity contribution in [3.05, 3.63) is 25.3 Å². The summed E-state index contributed by atoms with van der Waals surface area (Å²) in [6.07, 6.45) is 6.22. The molecule has 0 unspecified atom stereocenters. The SMILES string of the molecule is C=CCC1(CC=C)CCCN(OC(=O)C(C)(C)C)C1=O. The molecule has 0 saturated carbocycles. The molecular formula is C16H25NO3. The van der Waals surface area contributed by atoms with E-state index in [1.54, 1.807) is 32.9 Å². The van der Waals surface area contributed by atoms with Gasteiger partial charge in [-0.1, -0.05) is 12.2 Å². The fourth-order valence-electron chi connectivity index (χ4n) is 2.37. The summed E-state index contributed by atoms with van der Waals surface area (Å²) in [5.74, 6) is -0.528. The molecule has 0 bridgehead atoms. The van der Waals surface area contributed by atoms with Gasteiger partial charge in [-0.15, -0.1) is 13.2 Å². The standard InChI is InChI=1S/C16H25NO3/c1-6-9-16(10-7-2)11-8-12-17(13(16)18)20-14(19)15(3,4)5/h6-7H,1-2,8-12H2,3-5H3. The largest absolute Gasteiger partial charge is 0.338 e. The minimum absolute atomic E-state index is 0.138. The number of hydrogen-bond donors (Lipinski definition) is 0. The number of piperidine rings is 1. The monoisotopic (exact) mass is 279 g/mol. The minimum atomic E-state index is -0.628. The predicted molar refractivity (Wildman–Crippen MR) is 78.6 cm³/mol. The Kier molecular flexibility index (Phi) is 5.15. The van der Waals surface area contributed by atoms with Crippen molar-refractivity contribution in [2.24, 2.45) is 10.8 Å². The first-order chi connectivity index (χ1) is 9.27. The van der Waals surface area contributed by atoms with Crippen molar-refractivity contribution in [3.63, 3.8) is 0 Å². The summed E-state index contributed by atoms with van der Waals surface area (Å²) < 4.78 is 0. The van der Waals surface area contributed by atoms with E-state index in [0.717, 1.165) is 12.8 Å². The smallest absolute Gasteiger partial charge is 0.337 e. The quantitative estimate of drug-likeness (QED) is 0.726. The second-order valence-electron chi connectivity index (χ2n) is 6.41. The van der Waals surface area contributed by atoms with Crippen LogP contribution in [0.3, 0.4) is 0 Å². The van der Waals surface area contributed by atoms with Crippen LogP contribution >= 0.6 is 0 Å². The zero-order valence-electron chi connectivity index (χ0n) is 12.8. The third-order valence-corrected chi connectivity index (χ3v) is 3.57. The van der Waals surface area contributed by atoms with Crippen molar-refractivity contribution in [2.45, 2.75) is 46.5 Å². The third-order valence-electron chi connectivity index (χ3n) is 3.57. The minimum Gasteiger partial charge on any atom is -0.338 e. The molecule has 0 spiro atoms. The maximum atomic E-state index is 12.6. The highest BCUT2D eigenvalue weighted by molar-refractivity contribution is 5.85. The summed E-state index contributed by atoms with van der Waals surface area (Å²) in [6, 6.07) is 0. The van der Waals surface area contributed by atoms with Crippen LogP contribution < -0.4 is 0 Å². The fourth-order valence-corrected chi connectivity index (χ4v) is 2.37. The molecule has 1 aliphatic heterocycles. The molecule has 1 saturated heterocycles. The Hall–Kier alpha value is -1.58. The predicted octanol–water partition coefficient (Wildman–Crippen LogP) is 3.25. The second kappa shape index (κ2) is 6.25. The van der Waals surface area contributed by atoms with Gasteiger partial charge in [0.05, 0.1) is 17.4 Å². The summed E-state index contributed by atoms with van der Waals surface area (Å²) in [6.45, 7) is 13.2. The summed E-state index contributed by atoms with van der Waals surface area (Å²) in [5.41, 5.74) is -1.18. The maximum Gasteiger partial charge on any atom is 0.337 e. The summed E-state index contributed by atoms with van der Waals surface area (Å²) >= 11 is 0. The Labute approximate surface area is 121 Å². The summed E-state index contributed by atoms with van der Waals surface area (Å²) in [7, 11) is 0. The van der Waals surface area contributed by atoms with Gasteiger partial charge in [0.1, 0.15) is 0 Å². The zero-order chi connectivity index (χ0) is 15.4. The second-order valence-corrected chi connectivity index (χ2v) is 6.41. The molecule has 0 atom stereocenters. The number of rotatable bonds is 5. The van der Waals surface area contributed by atoms with Crippen molar-refractivity contribution in [1.29, 1.82) is 0 Å². The van der Waals surface area contributed by atoms with E-state index in [2.05, 4.69) is 13.2 Å². The molecule has 0 aromatic rings. The van der Waals surface area contributed by atoms with E-state index < -0.39 is 10.8 Å². The first-order valence-electron chi connectivity index (χ1n) is 7.03. The number of allylic oxidation sites excluding steroid dienone is 2. The van der Waals surface area contributed by atoms with Crippen LogP contribution in [0, 0.1) is 10.8 Å². The average Bonchev–Trinajstić information content (AvgIpc) is 2.34. The highest BCUT2D eigenvalue weighted by Crippen LogP contribution is 2.39. The van der Waals surface area contributed by atoms with Crippen molar-refractivity contribution >= 4 is 11.9 Å². The molecule has 1 heterocycles. The van der Waals surface area contributed by atoms with Crippen molar-refractivity contribution in [2.75, 3.05) is 6.54 Å². The molecule has 1 amide bonds. The Morgan fingerprint density at radius 1 is 1.35 bits per heavy atom. The fraction of sp³-hybridized carbons (Fsp3) is 0.625. The number of nitrogens with zero attached hydrogens (tertiary/aromatic N) is 1. The Morgan fingerprint density at radius 3 is 2.35 bits per heavy atom. The van der Waals surface area contributed by atoms with E-state index in [1.807, 2.05) is 0 Å². The lowest BCUT2D eigenvalue weighted by Crippen LogP contribution is -2.50. The van der Waals surface area contributed by atoms with Crippen LogP contribution in [0.25, 0.3) is 0 Å². The van der Waals surface area contributed by atoms with Gasteiger partial charge in [0.15, 0.2) is 0 Å². The van der Waals surface area contributed by atoms with Crippen LogP contribution in [0.5, 0.6) is 0 Å². The van der Waals surface area contributed by atoms with Gasteiger partial charge in [-0.05, 0) is 46.5 Å². The number of carbonyl (C=O) groups excluding carboxylic acids is 2. The van der Waals surface area contributed by atoms with Crippen LogP contribution in [0.1, 0.15) is 46.5 Å². The molecule has 1 fully saturated rings. The van der Waals surface area contributed by atoms with Gasteiger partial charge in [0.2, 0.25) is 0 Å². The van der Waals surface area contributed by atoms with Crippen LogP contribution in [-0.4, -0.2) is 23.5 Å². The van der Waals surface area contributed by atoms with E-state index in [0.29, 0.717) is 19.4 Å². The number of carbonyl (C=O) groups is 2. The van der Waals surface area contributed by atoms with Crippen molar-refractivity contribution in [1.82, 2.24) is 5.06 Å². The lowest BCUT2D eigenvalue weighted by Gasteiger charge is -2.40.